The quantitative estimate of drug-likeness (QED) is 0.761. The van der Waals surface area contributed by atoms with E-state index in [1.807, 2.05) is 26.0 Å². The lowest BCUT2D eigenvalue weighted by atomic mass is 10.1. The van der Waals surface area contributed by atoms with Gasteiger partial charge >= 0.3 is 0 Å². The van der Waals surface area contributed by atoms with E-state index in [1.165, 1.54) is 0 Å². The van der Waals surface area contributed by atoms with Gasteiger partial charge in [0.1, 0.15) is 0 Å². The highest BCUT2D eigenvalue weighted by Crippen LogP contribution is 2.15. The number of rotatable bonds is 4. The third-order valence-corrected chi connectivity index (χ3v) is 1.67. The minimum atomic E-state index is 0.142. The summed E-state index contributed by atoms with van der Waals surface area (Å²) in [6.45, 7) is 4.57. The normalized spacial score (nSPS) is 12.5. The Morgan fingerprint density at radius 1 is 1.62 bits per heavy atom. The van der Waals surface area contributed by atoms with Gasteiger partial charge in [-0.3, -0.25) is 0 Å². The molecule has 0 fully saturated rings. The molecule has 0 aromatic carbocycles. The molecule has 1 aromatic rings. The SMILES string of the molecule is CCOc1ncccc1CC(C)N. The van der Waals surface area contributed by atoms with Crippen molar-refractivity contribution < 1.29 is 4.74 Å². The molecule has 0 bridgehead atoms. The number of nitrogens with zero attached hydrogens (tertiary/aromatic N) is 1. The van der Waals surface area contributed by atoms with Crippen LogP contribution in [0.1, 0.15) is 19.4 Å². The highest BCUT2D eigenvalue weighted by atomic mass is 16.5. The van der Waals surface area contributed by atoms with E-state index in [1.54, 1.807) is 6.20 Å². The first-order chi connectivity index (χ1) is 6.24. The van der Waals surface area contributed by atoms with Crippen molar-refractivity contribution >= 4 is 0 Å². The zero-order chi connectivity index (χ0) is 9.68. The molecule has 1 rings (SSSR count). The van der Waals surface area contributed by atoms with E-state index in [4.69, 9.17) is 10.5 Å². The summed E-state index contributed by atoms with van der Waals surface area (Å²) in [6, 6.07) is 4.05. The van der Waals surface area contributed by atoms with Crippen LogP contribution in [0, 0.1) is 0 Å². The summed E-state index contributed by atoms with van der Waals surface area (Å²) >= 11 is 0. The van der Waals surface area contributed by atoms with Crippen LogP contribution in [0.5, 0.6) is 5.88 Å². The Hall–Kier alpha value is -1.09. The third kappa shape index (κ3) is 3.03. The summed E-state index contributed by atoms with van der Waals surface area (Å²) in [7, 11) is 0. The molecule has 3 nitrogen and oxygen atoms in total. The molecule has 3 heteroatoms. The van der Waals surface area contributed by atoms with Gasteiger partial charge in [0.25, 0.3) is 0 Å². The Kier molecular flexibility index (Phi) is 3.71. The van der Waals surface area contributed by atoms with Crippen molar-refractivity contribution in [1.82, 2.24) is 4.98 Å². The van der Waals surface area contributed by atoms with E-state index in [0.29, 0.717) is 12.5 Å². The van der Waals surface area contributed by atoms with Crippen molar-refractivity contribution in [3.05, 3.63) is 23.9 Å². The van der Waals surface area contributed by atoms with Crippen LogP contribution in [0.25, 0.3) is 0 Å². The van der Waals surface area contributed by atoms with Crippen LogP contribution in [0.2, 0.25) is 0 Å². The van der Waals surface area contributed by atoms with Crippen LogP contribution in [-0.2, 0) is 6.42 Å². The summed E-state index contributed by atoms with van der Waals surface area (Å²) in [5.41, 5.74) is 6.79. The van der Waals surface area contributed by atoms with Gasteiger partial charge < -0.3 is 10.5 Å². The minimum Gasteiger partial charge on any atom is -0.478 e. The summed E-state index contributed by atoms with van der Waals surface area (Å²) in [5.74, 6) is 0.710. The standard InChI is InChI=1S/C10H16N2O/c1-3-13-10-9(7-8(2)11)5-4-6-12-10/h4-6,8H,3,7,11H2,1-2H3. The molecule has 0 aliphatic heterocycles. The Morgan fingerprint density at radius 2 is 2.38 bits per heavy atom. The number of ether oxygens (including phenoxy) is 1. The van der Waals surface area contributed by atoms with Crippen molar-refractivity contribution in [2.45, 2.75) is 26.3 Å². The zero-order valence-corrected chi connectivity index (χ0v) is 8.16. The van der Waals surface area contributed by atoms with Crippen LogP contribution in [0.15, 0.2) is 18.3 Å². The molecule has 0 saturated carbocycles. The molecule has 1 atom stereocenters. The highest BCUT2D eigenvalue weighted by Gasteiger charge is 2.05. The van der Waals surface area contributed by atoms with Gasteiger partial charge in [0, 0.05) is 17.8 Å². The van der Waals surface area contributed by atoms with Gasteiger partial charge in [-0.15, -0.1) is 0 Å². The van der Waals surface area contributed by atoms with E-state index in [2.05, 4.69) is 4.98 Å². The second-order valence-corrected chi connectivity index (χ2v) is 3.08. The van der Waals surface area contributed by atoms with Crippen molar-refractivity contribution in [3.8, 4) is 5.88 Å². The lowest BCUT2D eigenvalue weighted by Gasteiger charge is -2.09. The summed E-state index contributed by atoms with van der Waals surface area (Å²) < 4.78 is 5.37. The van der Waals surface area contributed by atoms with Gasteiger partial charge in [-0.05, 0) is 26.3 Å². The number of aromatic nitrogens is 1. The molecule has 0 radical (unpaired) electrons. The van der Waals surface area contributed by atoms with Gasteiger partial charge in [-0.25, -0.2) is 4.98 Å². The second-order valence-electron chi connectivity index (χ2n) is 3.08. The maximum Gasteiger partial charge on any atom is 0.216 e. The van der Waals surface area contributed by atoms with E-state index in [0.717, 1.165) is 12.0 Å². The Labute approximate surface area is 78.9 Å². The molecule has 0 amide bonds. The lowest BCUT2D eigenvalue weighted by molar-refractivity contribution is 0.322. The minimum absolute atomic E-state index is 0.142. The first-order valence-electron chi connectivity index (χ1n) is 4.56. The molecule has 0 saturated heterocycles. The van der Waals surface area contributed by atoms with Crippen LogP contribution < -0.4 is 10.5 Å². The van der Waals surface area contributed by atoms with E-state index >= 15 is 0 Å². The first kappa shape index (κ1) is 9.99. The van der Waals surface area contributed by atoms with Gasteiger partial charge in [0.05, 0.1) is 6.61 Å². The van der Waals surface area contributed by atoms with Crippen molar-refractivity contribution in [1.29, 1.82) is 0 Å². The second kappa shape index (κ2) is 4.82. The van der Waals surface area contributed by atoms with Gasteiger partial charge in [0.15, 0.2) is 0 Å². The summed E-state index contributed by atoms with van der Waals surface area (Å²) in [4.78, 5) is 4.14. The topological polar surface area (TPSA) is 48.1 Å². The fraction of sp³-hybridized carbons (Fsp3) is 0.500. The fourth-order valence-electron chi connectivity index (χ4n) is 1.19. The number of pyridine rings is 1. The molecular formula is C10H16N2O. The molecule has 2 N–H and O–H groups in total. The van der Waals surface area contributed by atoms with Crippen LogP contribution in [0.4, 0.5) is 0 Å². The third-order valence-electron chi connectivity index (χ3n) is 1.67. The summed E-state index contributed by atoms with van der Waals surface area (Å²) in [6.07, 6.45) is 2.54. The molecule has 13 heavy (non-hydrogen) atoms. The molecular weight excluding hydrogens is 164 g/mol. The van der Waals surface area contributed by atoms with Crippen LogP contribution >= 0.6 is 0 Å². The molecule has 1 aromatic heterocycles. The summed E-state index contributed by atoms with van der Waals surface area (Å²) in [5, 5.41) is 0. The maximum absolute atomic E-state index is 5.71. The lowest BCUT2D eigenvalue weighted by Crippen LogP contribution is -2.18. The predicted molar refractivity (Wildman–Crippen MR) is 52.8 cm³/mol. The molecule has 1 unspecified atom stereocenters. The van der Waals surface area contributed by atoms with Crippen molar-refractivity contribution in [2.24, 2.45) is 5.73 Å². The van der Waals surface area contributed by atoms with Crippen molar-refractivity contribution in [3.63, 3.8) is 0 Å². The van der Waals surface area contributed by atoms with Crippen LogP contribution in [-0.4, -0.2) is 17.6 Å². The van der Waals surface area contributed by atoms with E-state index in [9.17, 15) is 0 Å². The first-order valence-corrected chi connectivity index (χ1v) is 4.56. The predicted octanol–water partition coefficient (Wildman–Crippen LogP) is 1.37. The largest absolute Gasteiger partial charge is 0.478 e. The molecule has 72 valence electrons. The number of hydrogen-bond acceptors (Lipinski definition) is 3. The highest BCUT2D eigenvalue weighted by molar-refractivity contribution is 5.26. The van der Waals surface area contributed by atoms with Gasteiger partial charge in [0.2, 0.25) is 5.88 Å². The van der Waals surface area contributed by atoms with Gasteiger partial charge in [-0.1, -0.05) is 6.07 Å². The van der Waals surface area contributed by atoms with Crippen LogP contribution in [0.3, 0.4) is 0 Å². The molecule has 1 heterocycles. The Bertz CT molecular complexity index is 261. The zero-order valence-electron chi connectivity index (χ0n) is 8.16. The number of nitrogens with two attached hydrogens (primary N) is 1. The van der Waals surface area contributed by atoms with E-state index in [-0.39, 0.29) is 6.04 Å². The molecule has 0 aliphatic carbocycles. The monoisotopic (exact) mass is 180 g/mol. The van der Waals surface area contributed by atoms with E-state index < -0.39 is 0 Å². The molecule has 0 spiro atoms. The fourth-order valence-corrected chi connectivity index (χ4v) is 1.19. The number of hydrogen-bond donors (Lipinski definition) is 1. The average Bonchev–Trinajstić information content (AvgIpc) is 2.08. The van der Waals surface area contributed by atoms with Gasteiger partial charge in [-0.2, -0.15) is 0 Å². The Balaban J connectivity index is 2.78. The smallest absolute Gasteiger partial charge is 0.216 e. The Morgan fingerprint density at radius 3 is 3.00 bits per heavy atom. The maximum atomic E-state index is 5.71. The average molecular weight is 180 g/mol. The molecule has 0 aliphatic rings. The van der Waals surface area contributed by atoms with Crippen molar-refractivity contribution in [2.75, 3.05) is 6.61 Å².